The maximum absolute atomic E-state index is 4.18. The van der Waals surface area contributed by atoms with Gasteiger partial charge >= 0.3 is 0 Å². The first-order chi connectivity index (χ1) is 8.83. The van der Waals surface area contributed by atoms with Gasteiger partial charge in [-0.3, -0.25) is 9.58 Å². The molecule has 1 aromatic rings. The predicted molar refractivity (Wildman–Crippen MR) is 72.3 cm³/mol. The molecule has 0 radical (unpaired) electrons. The third-order valence-electron chi connectivity index (χ3n) is 3.73. The molecule has 1 fully saturated rings. The molecule has 2 rings (SSSR count). The molecule has 0 spiro atoms. The molecule has 1 unspecified atom stereocenters. The molecule has 0 aliphatic carbocycles. The van der Waals surface area contributed by atoms with E-state index >= 15 is 0 Å². The molecule has 1 aliphatic rings. The lowest BCUT2D eigenvalue weighted by Crippen LogP contribution is -2.32. The Morgan fingerprint density at radius 3 is 3.06 bits per heavy atom. The van der Waals surface area contributed by atoms with Crippen molar-refractivity contribution in [2.45, 2.75) is 52.2 Å². The first-order valence-electron chi connectivity index (χ1n) is 7.17. The zero-order chi connectivity index (χ0) is 12.8. The minimum Gasteiger partial charge on any atom is -0.311 e. The van der Waals surface area contributed by atoms with Crippen molar-refractivity contribution in [3.05, 3.63) is 11.9 Å². The zero-order valence-corrected chi connectivity index (χ0v) is 11.6. The standard InChI is InChI=1S/C13H25N5/c1-3-13-6-5-7-17(13)8-9-18-11-12(15-16-18)10-14-4-2/h11,13-14H,3-10H2,1-2H3. The van der Waals surface area contributed by atoms with Gasteiger partial charge in [-0.05, 0) is 32.4 Å². The number of hydrogen-bond donors (Lipinski definition) is 1. The minimum absolute atomic E-state index is 0.787. The third-order valence-corrected chi connectivity index (χ3v) is 3.73. The van der Waals surface area contributed by atoms with Crippen molar-refractivity contribution in [2.24, 2.45) is 0 Å². The SMILES string of the molecule is CCNCc1cn(CCN2CCCC2CC)nn1. The Bertz CT molecular complexity index is 349. The van der Waals surface area contributed by atoms with Crippen LogP contribution in [0.5, 0.6) is 0 Å². The van der Waals surface area contributed by atoms with Gasteiger partial charge in [-0.1, -0.05) is 19.1 Å². The Kier molecular flexibility index (Phi) is 5.13. The molecule has 0 aromatic carbocycles. The molecular formula is C13H25N5. The second-order valence-electron chi connectivity index (χ2n) is 4.99. The molecule has 1 aromatic heterocycles. The molecule has 18 heavy (non-hydrogen) atoms. The quantitative estimate of drug-likeness (QED) is 0.792. The maximum atomic E-state index is 4.18. The van der Waals surface area contributed by atoms with E-state index in [2.05, 4.69) is 40.6 Å². The van der Waals surface area contributed by atoms with Crippen molar-refractivity contribution in [1.82, 2.24) is 25.2 Å². The van der Waals surface area contributed by atoms with Crippen molar-refractivity contribution in [2.75, 3.05) is 19.6 Å². The van der Waals surface area contributed by atoms with Gasteiger partial charge in [-0.25, -0.2) is 0 Å². The van der Waals surface area contributed by atoms with E-state index in [0.717, 1.165) is 37.9 Å². The number of rotatable bonds is 7. The van der Waals surface area contributed by atoms with Crippen LogP contribution in [0.15, 0.2) is 6.20 Å². The van der Waals surface area contributed by atoms with Crippen LogP contribution in [0.4, 0.5) is 0 Å². The molecule has 5 nitrogen and oxygen atoms in total. The van der Waals surface area contributed by atoms with E-state index in [1.54, 1.807) is 0 Å². The van der Waals surface area contributed by atoms with Gasteiger partial charge < -0.3 is 5.32 Å². The summed E-state index contributed by atoms with van der Waals surface area (Å²) >= 11 is 0. The smallest absolute Gasteiger partial charge is 0.0964 e. The average molecular weight is 251 g/mol. The minimum atomic E-state index is 0.787. The number of hydrogen-bond acceptors (Lipinski definition) is 4. The summed E-state index contributed by atoms with van der Waals surface area (Å²) in [5, 5.41) is 11.6. The van der Waals surface area contributed by atoms with Gasteiger partial charge in [-0.2, -0.15) is 0 Å². The largest absolute Gasteiger partial charge is 0.311 e. The predicted octanol–water partition coefficient (Wildman–Crippen LogP) is 1.26. The lowest BCUT2D eigenvalue weighted by molar-refractivity contribution is 0.234. The van der Waals surface area contributed by atoms with Crippen LogP contribution >= 0.6 is 0 Å². The highest BCUT2D eigenvalue weighted by atomic mass is 15.4. The molecular weight excluding hydrogens is 226 g/mol. The highest BCUT2D eigenvalue weighted by molar-refractivity contribution is 4.91. The Hall–Kier alpha value is -0.940. The molecule has 102 valence electrons. The van der Waals surface area contributed by atoms with Gasteiger partial charge in [0.2, 0.25) is 0 Å². The molecule has 1 N–H and O–H groups in total. The number of nitrogens with zero attached hydrogens (tertiary/aromatic N) is 4. The van der Waals surface area contributed by atoms with Crippen molar-refractivity contribution in [3.63, 3.8) is 0 Å². The van der Waals surface area contributed by atoms with E-state index in [9.17, 15) is 0 Å². The van der Waals surface area contributed by atoms with Gasteiger partial charge in [0.15, 0.2) is 0 Å². The van der Waals surface area contributed by atoms with Crippen LogP contribution in [0.25, 0.3) is 0 Å². The van der Waals surface area contributed by atoms with E-state index < -0.39 is 0 Å². The molecule has 2 heterocycles. The van der Waals surface area contributed by atoms with Crippen LogP contribution in [0.2, 0.25) is 0 Å². The average Bonchev–Trinajstić information content (AvgIpc) is 3.02. The van der Waals surface area contributed by atoms with Crippen LogP contribution in [0, 0.1) is 0 Å². The Morgan fingerprint density at radius 2 is 2.28 bits per heavy atom. The maximum Gasteiger partial charge on any atom is 0.0964 e. The molecule has 1 saturated heterocycles. The van der Waals surface area contributed by atoms with Crippen LogP contribution in [-0.4, -0.2) is 45.6 Å². The summed E-state index contributed by atoms with van der Waals surface area (Å²) in [5.41, 5.74) is 1.03. The van der Waals surface area contributed by atoms with Gasteiger partial charge in [0.05, 0.1) is 12.2 Å². The second kappa shape index (κ2) is 6.85. The van der Waals surface area contributed by atoms with Crippen molar-refractivity contribution in [3.8, 4) is 0 Å². The Balaban J connectivity index is 1.77. The summed E-state index contributed by atoms with van der Waals surface area (Å²) in [5.74, 6) is 0. The Labute approximate surface area is 110 Å². The summed E-state index contributed by atoms with van der Waals surface area (Å²) in [7, 11) is 0. The van der Waals surface area contributed by atoms with Gasteiger partial charge in [0.1, 0.15) is 0 Å². The summed E-state index contributed by atoms with van der Waals surface area (Å²) in [6.45, 7) is 9.47. The number of nitrogens with one attached hydrogen (secondary N) is 1. The van der Waals surface area contributed by atoms with E-state index in [-0.39, 0.29) is 0 Å². The molecule has 1 atom stereocenters. The first kappa shape index (κ1) is 13.5. The molecule has 0 amide bonds. The third kappa shape index (κ3) is 3.53. The molecule has 1 aliphatic heterocycles. The van der Waals surface area contributed by atoms with Crippen LogP contribution in [0.3, 0.4) is 0 Å². The van der Waals surface area contributed by atoms with Gasteiger partial charge in [0, 0.05) is 25.3 Å². The van der Waals surface area contributed by atoms with E-state index in [4.69, 9.17) is 0 Å². The highest BCUT2D eigenvalue weighted by Crippen LogP contribution is 2.19. The number of likely N-dealkylation sites (tertiary alicyclic amines) is 1. The summed E-state index contributed by atoms with van der Waals surface area (Å²) in [6, 6.07) is 0.787. The van der Waals surface area contributed by atoms with E-state index in [0.29, 0.717) is 0 Å². The zero-order valence-electron chi connectivity index (χ0n) is 11.6. The summed E-state index contributed by atoms with van der Waals surface area (Å²) < 4.78 is 1.97. The fraction of sp³-hybridized carbons (Fsp3) is 0.846. The Morgan fingerprint density at radius 1 is 1.39 bits per heavy atom. The van der Waals surface area contributed by atoms with Crippen LogP contribution in [-0.2, 0) is 13.1 Å². The van der Waals surface area contributed by atoms with Crippen LogP contribution in [0.1, 0.15) is 38.8 Å². The second-order valence-corrected chi connectivity index (χ2v) is 4.99. The van der Waals surface area contributed by atoms with Gasteiger partial charge in [0.25, 0.3) is 0 Å². The normalized spacial score (nSPS) is 20.7. The van der Waals surface area contributed by atoms with E-state index in [1.807, 2.05) is 4.68 Å². The summed E-state index contributed by atoms with van der Waals surface area (Å²) in [4.78, 5) is 2.59. The van der Waals surface area contributed by atoms with E-state index in [1.165, 1.54) is 25.8 Å². The highest BCUT2D eigenvalue weighted by Gasteiger charge is 2.22. The first-order valence-corrected chi connectivity index (χ1v) is 7.17. The lowest BCUT2D eigenvalue weighted by Gasteiger charge is -2.22. The fourth-order valence-corrected chi connectivity index (χ4v) is 2.66. The topological polar surface area (TPSA) is 46.0 Å². The van der Waals surface area contributed by atoms with Gasteiger partial charge in [-0.15, -0.1) is 5.10 Å². The molecule has 0 saturated carbocycles. The number of aromatic nitrogens is 3. The summed E-state index contributed by atoms with van der Waals surface area (Å²) in [6.07, 6.45) is 6.03. The molecule has 0 bridgehead atoms. The lowest BCUT2D eigenvalue weighted by atomic mass is 10.2. The van der Waals surface area contributed by atoms with Crippen molar-refractivity contribution in [1.29, 1.82) is 0 Å². The molecule has 5 heteroatoms. The van der Waals surface area contributed by atoms with Crippen LogP contribution < -0.4 is 5.32 Å². The fourth-order valence-electron chi connectivity index (χ4n) is 2.66. The van der Waals surface area contributed by atoms with Crippen molar-refractivity contribution < 1.29 is 0 Å². The van der Waals surface area contributed by atoms with Crippen molar-refractivity contribution >= 4 is 0 Å². The monoisotopic (exact) mass is 251 g/mol.